The number of aliphatic hydroxyl groups is 1. The van der Waals surface area contributed by atoms with Gasteiger partial charge in [0.05, 0.1) is 25.4 Å². The fourth-order valence-corrected chi connectivity index (χ4v) is 5.06. The minimum atomic E-state index is -0.300. The van der Waals surface area contributed by atoms with Crippen LogP contribution < -0.4 is 20.1 Å². The zero-order chi connectivity index (χ0) is 23.1. The summed E-state index contributed by atoms with van der Waals surface area (Å²) in [4.78, 5) is 25.8. The molecule has 2 aliphatic heterocycles. The van der Waals surface area contributed by atoms with E-state index in [4.69, 9.17) is 19.3 Å². The summed E-state index contributed by atoms with van der Waals surface area (Å²) < 4.78 is 17.1. The predicted octanol–water partition coefficient (Wildman–Crippen LogP) is 1.70. The van der Waals surface area contributed by atoms with E-state index in [1.807, 2.05) is 37.3 Å². The third-order valence-corrected chi connectivity index (χ3v) is 6.79. The van der Waals surface area contributed by atoms with Crippen molar-refractivity contribution in [1.29, 1.82) is 0 Å². The molecule has 2 aromatic rings. The van der Waals surface area contributed by atoms with E-state index in [0.29, 0.717) is 47.7 Å². The van der Waals surface area contributed by atoms with Gasteiger partial charge in [-0.15, -0.1) is 0 Å². The van der Waals surface area contributed by atoms with Crippen molar-refractivity contribution >= 4 is 11.8 Å². The summed E-state index contributed by atoms with van der Waals surface area (Å²) in [6.07, 6.45) is -0.241. The fraction of sp³-hybridized carbons (Fsp3) is 0.440. The van der Waals surface area contributed by atoms with Gasteiger partial charge in [0.1, 0.15) is 24.2 Å². The molecule has 5 rings (SSSR count). The molecule has 1 aliphatic carbocycles. The highest BCUT2D eigenvalue weighted by molar-refractivity contribution is 6.02. The minimum absolute atomic E-state index is 0.0706. The molecule has 2 amide bonds. The third kappa shape index (κ3) is 3.94. The maximum atomic E-state index is 13.1. The van der Waals surface area contributed by atoms with Crippen LogP contribution in [-0.2, 0) is 4.74 Å². The number of hydrogen-bond acceptors (Lipinski definition) is 6. The smallest absolute Gasteiger partial charge is 0.254 e. The molecule has 2 heterocycles. The molecule has 0 bridgehead atoms. The second kappa shape index (κ2) is 8.68. The van der Waals surface area contributed by atoms with Crippen LogP contribution in [0.2, 0.25) is 0 Å². The number of benzene rings is 2. The molecule has 174 valence electrons. The molecule has 4 atom stereocenters. The molecule has 0 spiro atoms. The van der Waals surface area contributed by atoms with E-state index in [-0.39, 0.29) is 43.1 Å². The highest BCUT2D eigenvalue weighted by atomic mass is 16.5. The highest BCUT2D eigenvalue weighted by Crippen LogP contribution is 2.46. The van der Waals surface area contributed by atoms with Crippen LogP contribution in [0.3, 0.4) is 0 Å². The maximum Gasteiger partial charge on any atom is 0.254 e. The van der Waals surface area contributed by atoms with Crippen LogP contribution in [0, 0.1) is 11.8 Å². The lowest BCUT2D eigenvalue weighted by atomic mass is 9.86. The second-order valence-electron chi connectivity index (χ2n) is 8.83. The van der Waals surface area contributed by atoms with E-state index in [2.05, 4.69) is 10.6 Å². The normalized spacial score (nSPS) is 26.7. The topological polar surface area (TPSA) is 106 Å². The summed E-state index contributed by atoms with van der Waals surface area (Å²) in [6.45, 7) is 3.45. The summed E-state index contributed by atoms with van der Waals surface area (Å²) in [5.41, 5.74) is 2.54. The number of rotatable bonds is 7. The molecule has 1 saturated heterocycles. The SMILES string of the molecule is CNC(=O)c1cc(C(=O)NC2C3COCC32)cc2c1O[C@H](C)[C@H]2c1cccc(OCCO)c1. The summed E-state index contributed by atoms with van der Waals surface area (Å²) in [5, 5.41) is 14.8. The van der Waals surface area contributed by atoms with Crippen molar-refractivity contribution in [3.05, 3.63) is 58.7 Å². The first-order valence-corrected chi connectivity index (χ1v) is 11.3. The zero-order valence-electron chi connectivity index (χ0n) is 18.7. The molecule has 33 heavy (non-hydrogen) atoms. The molecule has 8 nitrogen and oxygen atoms in total. The number of amides is 2. The van der Waals surface area contributed by atoms with Gasteiger partial charge >= 0.3 is 0 Å². The number of carbonyl (C=O) groups excluding carboxylic acids is 2. The molecule has 3 aliphatic rings. The fourth-order valence-electron chi connectivity index (χ4n) is 5.06. The van der Waals surface area contributed by atoms with Crippen LogP contribution in [0.25, 0.3) is 0 Å². The van der Waals surface area contributed by atoms with E-state index in [9.17, 15) is 9.59 Å². The number of hydrogen-bond donors (Lipinski definition) is 3. The number of aliphatic hydroxyl groups excluding tert-OH is 1. The Balaban J connectivity index is 1.50. The van der Waals surface area contributed by atoms with Crippen molar-refractivity contribution in [3.8, 4) is 11.5 Å². The van der Waals surface area contributed by atoms with Gasteiger partial charge in [0.15, 0.2) is 0 Å². The number of nitrogens with one attached hydrogen (secondary N) is 2. The standard InChI is InChI=1S/C25H28N2O6/c1-13-21(14-4-3-5-16(8-14)32-7-6-28)17-9-15(10-18(23(17)33-13)25(30)26-2)24(29)27-22-19-11-31-12-20(19)22/h3-5,8-10,13,19-22,28H,6-7,11-12H2,1-2H3,(H,26,30)(H,27,29)/t13-,19?,20?,21+,22?/m1/s1. The largest absolute Gasteiger partial charge is 0.491 e. The van der Waals surface area contributed by atoms with Crippen molar-refractivity contribution in [3.63, 3.8) is 0 Å². The highest BCUT2D eigenvalue weighted by Gasteiger charge is 2.54. The van der Waals surface area contributed by atoms with Gasteiger partial charge in [-0.05, 0) is 36.8 Å². The molecule has 2 aromatic carbocycles. The predicted molar refractivity (Wildman–Crippen MR) is 120 cm³/mol. The van der Waals surface area contributed by atoms with Crippen LogP contribution in [-0.4, -0.2) is 62.5 Å². The van der Waals surface area contributed by atoms with E-state index >= 15 is 0 Å². The van der Waals surface area contributed by atoms with Gasteiger partial charge in [-0.3, -0.25) is 9.59 Å². The molecule has 2 unspecified atom stereocenters. The molecule has 8 heteroatoms. The van der Waals surface area contributed by atoms with Gasteiger partial charge in [0.25, 0.3) is 11.8 Å². The summed E-state index contributed by atoms with van der Waals surface area (Å²) in [6, 6.07) is 11.2. The van der Waals surface area contributed by atoms with Crippen molar-refractivity contribution in [1.82, 2.24) is 10.6 Å². The monoisotopic (exact) mass is 452 g/mol. The average molecular weight is 453 g/mol. The Morgan fingerprint density at radius 3 is 2.67 bits per heavy atom. The molecule has 0 aromatic heterocycles. The third-order valence-electron chi connectivity index (χ3n) is 6.79. The van der Waals surface area contributed by atoms with Gasteiger partial charge in [-0.25, -0.2) is 0 Å². The van der Waals surface area contributed by atoms with Crippen molar-refractivity contribution in [2.45, 2.75) is 25.0 Å². The summed E-state index contributed by atoms with van der Waals surface area (Å²) >= 11 is 0. The van der Waals surface area contributed by atoms with Gasteiger partial charge in [0, 0.05) is 42.0 Å². The van der Waals surface area contributed by atoms with Crippen LogP contribution in [0.4, 0.5) is 0 Å². The maximum absolute atomic E-state index is 13.1. The van der Waals surface area contributed by atoms with E-state index in [1.165, 1.54) is 0 Å². The van der Waals surface area contributed by atoms with Crippen molar-refractivity contribution < 1.29 is 28.9 Å². The van der Waals surface area contributed by atoms with Crippen LogP contribution in [0.5, 0.6) is 11.5 Å². The Bertz CT molecular complexity index is 1080. The second-order valence-corrected chi connectivity index (χ2v) is 8.83. The van der Waals surface area contributed by atoms with Gasteiger partial charge in [-0.2, -0.15) is 0 Å². The molecule has 0 radical (unpaired) electrons. The van der Waals surface area contributed by atoms with E-state index < -0.39 is 0 Å². The van der Waals surface area contributed by atoms with Crippen molar-refractivity contribution in [2.75, 3.05) is 33.5 Å². The van der Waals surface area contributed by atoms with Gasteiger partial charge in [-0.1, -0.05) is 12.1 Å². The Hall–Kier alpha value is -3.10. The lowest BCUT2D eigenvalue weighted by Crippen LogP contribution is -2.30. The van der Waals surface area contributed by atoms with Crippen molar-refractivity contribution in [2.24, 2.45) is 11.8 Å². The molecular weight excluding hydrogens is 424 g/mol. The Morgan fingerprint density at radius 1 is 1.15 bits per heavy atom. The number of ether oxygens (including phenoxy) is 3. The first-order chi connectivity index (χ1) is 16.0. The van der Waals surface area contributed by atoms with Gasteiger partial charge in [0.2, 0.25) is 0 Å². The van der Waals surface area contributed by atoms with E-state index in [0.717, 1.165) is 11.1 Å². The van der Waals surface area contributed by atoms with Gasteiger partial charge < -0.3 is 30.0 Å². The van der Waals surface area contributed by atoms with Crippen LogP contribution in [0.15, 0.2) is 36.4 Å². The lowest BCUT2D eigenvalue weighted by Gasteiger charge is -2.17. The number of fused-ring (bicyclic) bond motifs is 2. The number of carbonyl (C=O) groups is 2. The summed E-state index contributed by atoms with van der Waals surface area (Å²) in [7, 11) is 1.56. The van der Waals surface area contributed by atoms with Crippen LogP contribution >= 0.6 is 0 Å². The van der Waals surface area contributed by atoms with Crippen LogP contribution in [0.1, 0.15) is 44.7 Å². The quantitative estimate of drug-likeness (QED) is 0.591. The molecule has 2 fully saturated rings. The lowest BCUT2D eigenvalue weighted by molar-refractivity contribution is 0.0928. The molecular formula is C25H28N2O6. The first kappa shape index (κ1) is 21.7. The molecule has 1 saturated carbocycles. The Morgan fingerprint density at radius 2 is 1.94 bits per heavy atom. The van der Waals surface area contributed by atoms with E-state index in [1.54, 1.807) is 13.1 Å². The first-order valence-electron chi connectivity index (χ1n) is 11.3. The molecule has 3 N–H and O–H groups in total. The Labute approximate surface area is 192 Å². The zero-order valence-corrected chi connectivity index (χ0v) is 18.7. The Kier molecular flexibility index (Phi) is 5.72. The summed E-state index contributed by atoms with van der Waals surface area (Å²) in [5.74, 6) is 1.25. The minimum Gasteiger partial charge on any atom is -0.491 e. The average Bonchev–Trinajstić information content (AvgIpc) is 3.15.